The van der Waals surface area contributed by atoms with E-state index in [4.69, 9.17) is 4.74 Å². The predicted octanol–water partition coefficient (Wildman–Crippen LogP) is 3.11. The molecule has 0 radical (unpaired) electrons. The molecular formula is C15H18N2O3S. The normalized spacial score (nSPS) is 10.2. The number of anilines is 1. The van der Waals surface area contributed by atoms with Crippen LogP contribution in [-0.2, 0) is 17.7 Å². The lowest BCUT2D eigenvalue weighted by Crippen LogP contribution is -2.07. The van der Waals surface area contributed by atoms with Gasteiger partial charge in [-0.3, -0.25) is 0 Å². The molecule has 112 valence electrons. The Morgan fingerprint density at radius 2 is 2.00 bits per heavy atom. The fraction of sp³-hybridized carbons (Fsp3) is 0.333. The number of nitrogens with zero attached hydrogens (tertiary/aromatic N) is 1. The van der Waals surface area contributed by atoms with Gasteiger partial charge >= 0.3 is 5.97 Å². The molecule has 0 aromatic carbocycles. The maximum absolute atomic E-state index is 11.6. The van der Waals surface area contributed by atoms with Crippen molar-refractivity contribution < 1.29 is 14.3 Å². The van der Waals surface area contributed by atoms with Crippen molar-refractivity contribution in [1.82, 2.24) is 4.98 Å². The summed E-state index contributed by atoms with van der Waals surface area (Å²) in [5.74, 6) is 0.454. The molecule has 2 heterocycles. The average Bonchev–Trinajstić information content (AvgIpc) is 3.00. The minimum Gasteiger partial charge on any atom is -0.480 e. The predicted molar refractivity (Wildman–Crippen MR) is 83.2 cm³/mol. The molecule has 0 saturated carbocycles. The van der Waals surface area contributed by atoms with Gasteiger partial charge in [0.1, 0.15) is 11.4 Å². The lowest BCUT2D eigenvalue weighted by atomic mass is 10.2. The molecule has 0 spiro atoms. The van der Waals surface area contributed by atoms with Gasteiger partial charge in [-0.15, -0.1) is 11.3 Å². The highest BCUT2D eigenvalue weighted by molar-refractivity contribution is 7.12. The summed E-state index contributed by atoms with van der Waals surface area (Å²) in [7, 11) is 2.81. The third kappa shape index (κ3) is 3.72. The quantitative estimate of drug-likeness (QED) is 0.831. The molecule has 2 aromatic heterocycles. The summed E-state index contributed by atoms with van der Waals surface area (Å²) in [6, 6.07) is 7.63. The highest BCUT2D eigenvalue weighted by atomic mass is 32.1. The summed E-state index contributed by atoms with van der Waals surface area (Å²) in [6.45, 7) is 2.83. The molecule has 0 aliphatic carbocycles. The van der Waals surface area contributed by atoms with Crippen molar-refractivity contribution in [3.63, 3.8) is 0 Å². The number of hydrogen-bond donors (Lipinski definition) is 1. The van der Waals surface area contributed by atoms with Crippen molar-refractivity contribution in [2.75, 3.05) is 19.5 Å². The molecule has 0 saturated heterocycles. The van der Waals surface area contributed by atoms with Crippen LogP contribution >= 0.6 is 11.3 Å². The van der Waals surface area contributed by atoms with Crippen LogP contribution in [0.25, 0.3) is 0 Å². The van der Waals surface area contributed by atoms with E-state index < -0.39 is 5.97 Å². The van der Waals surface area contributed by atoms with E-state index in [-0.39, 0.29) is 5.88 Å². The number of methoxy groups -OCH3 is 2. The molecule has 0 bridgehead atoms. The molecule has 2 rings (SSSR count). The number of carbonyl (C=O) groups excluding carboxylic acids is 1. The Labute approximate surface area is 127 Å². The first-order chi connectivity index (χ1) is 10.2. The van der Waals surface area contributed by atoms with Gasteiger partial charge in [-0.1, -0.05) is 6.92 Å². The highest BCUT2D eigenvalue weighted by Crippen LogP contribution is 2.21. The highest BCUT2D eigenvalue weighted by Gasteiger charge is 2.14. The van der Waals surface area contributed by atoms with Crippen LogP contribution in [0.4, 0.5) is 5.82 Å². The van der Waals surface area contributed by atoms with Crippen LogP contribution in [-0.4, -0.2) is 25.2 Å². The molecule has 1 N–H and O–H groups in total. The zero-order valence-electron chi connectivity index (χ0n) is 12.3. The second-order valence-electron chi connectivity index (χ2n) is 4.32. The Morgan fingerprint density at radius 1 is 1.24 bits per heavy atom. The third-order valence-corrected chi connectivity index (χ3v) is 4.20. The number of aryl methyl sites for hydroxylation is 1. The molecule has 6 heteroatoms. The van der Waals surface area contributed by atoms with E-state index in [2.05, 4.69) is 34.1 Å². The summed E-state index contributed by atoms with van der Waals surface area (Å²) >= 11 is 1.78. The third-order valence-electron chi connectivity index (χ3n) is 2.97. The minimum atomic E-state index is -0.461. The second-order valence-corrected chi connectivity index (χ2v) is 5.57. The number of nitrogens with one attached hydrogen (secondary N) is 1. The zero-order chi connectivity index (χ0) is 15.2. The summed E-state index contributed by atoms with van der Waals surface area (Å²) in [4.78, 5) is 18.4. The number of aromatic nitrogens is 1. The standard InChI is InChI=1S/C15H18N2O3S/c1-4-10-5-6-11(21-10)9-16-13-8-7-12(15(18)20-3)14(17-13)19-2/h5-8H,4,9H2,1-3H3,(H,16,17). The first kappa shape index (κ1) is 15.3. The summed E-state index contributed by atoms with van der Waals surface area (Å²) < 4.78 is 9.82. The van der Waals surface area contributed by atoms with E-state index in [0.29, 0.717) is 17.9 Å². The van der Waals surface area contributed by atoms with Crippen LogP contribution in [0.3, 0.4) is 0 Å². The Bertz CT molecular complexity index is 625. The molecule has 5 nitrogen and oxygen atoms in total. The van der Waals surface area contributed by atoms with Gasteiger partial charge in [-0.25, -0.2) is 4.79 Å². The molecule has 0 aliphatic rings. The van der Waals surface area contributed by atoms with Gasteiger partial charge in [0.05, 0.1) is 20.8 Å². The molecule has 0 atom stereocenters. The fourth-order valence-electron chi connectivity index (χ4n) is 1.84. The van der Waals surface area contributed by atoms with Crippen LogP contribution in [0.15, 0.2) is 24.3 Å². The lowest BCUT2D eigenvalue weighted by Gasteiger charge is -2.09. The fourth-order valence-corrected chi connectivity index (χ4v) is 2.74. The Morgan fingerprint density at radius 3 is 2.62 bits per heavy atom. The van der Waals surface area contributed by atoms with Crippen LogP contribution in [0.2, 0.25) is 0 Å². The van der Waals surface area contributed by atoms with E-state index in [1.165, 1.54) is 24.0 Å². The topological polar surface area (TPSA) is 60.5 Å². The van der Waals surface area contributed by atoms with E-state index in [1.807, 2.05) is 0 Å². The number of esters is 1. The molecule has 0 fully saturated rings. The molecule has 21 heavy (non-hydrogen) atoms. The maximum Gasteiger partial charge on any atom is 0.343 e. The van der Waals surface area contributed by atoms with E-state index in [9.17, 15) is 4.79 Å². The largest absolute Gasteiger partial charge is 0.480 e. The van der Waals surface area contributed by atoms with E-state index in [1.54, 1.807) is 23.5 Å². The van der Waals surface area contributed by atoms with Crippen molar-refractivity contribution in [1.29, 1.82) is 0 Å². The number of hydrogen-bond acceptors (Lipinski definition) is 6. The summed E-state index contributed by atoms with van der Waals surface area (Å²) in [5.41, 5.74) is 0.315. The average molecular weight is 306 g/mol. The SMILES string of the molecule is CCc1ccc(CNc2ccc(C(=O)OC)c(OC)n2)s1. The Balaban J connectivity index is 2.08. The summed E-state index contributed by atoms with van der Waals surface area (Å²) in [5, 5.41) is 3.22. The van der Waals surface area contributed by atoms with E-state index in [0.717, 1.165) is 6.42 Å². The Kier molecular flexibility index (Phi) is 5.16. The van der Waals surface area contributed by atoms with Crippen molar-refractivity contribution in [2.45, 2.75) is 19.9 Å². The number of pyridine rings is 1. The second kappa shape index (κ2) is 7.08. The molecular weight excluding hydrogens is 288 g/mol. The van der Waals surface area contributed by atoms with Crippen LogP contribution in [0, 0.1) is 0 Å². The lowest BCUT2D eigenvalue weighted by molar-refractivity contribution is 0.0596. The first-order valence-corrected chi connectivity index (χ1v) is 7.44. The molecule has 0 aliphatic heterocycles. The first-order valence-electron chi connectivity index (χ1n) is 6.62. The van der Waals surface area contributed by atoms with Crippen LogP contribution in [0.1, 0.15) is 27.0 Å². The maximum atomic E-state index is 11.6. The van der Waals surface area contributed by atoms with Gasteiger partial charge in [-0.05, 0) is 30.7 Å². The van der Waals surface area contributed by atoms with Gasteiger partial charge in [0.25, 0.3) is 0 Å². The zero-order valence-corrected chi connectivity index (χ0v) is 13.1. The van der Waals surface area contributed by atoms with Crippen molar-refractivity contribution >= 4 is 23.1 Å². The van der Waals surface area contributed by atoms with Gasteiger partial charge < -0.3 is 14.8 Å². The van der Waals surface area contributed by atoms with Crippen LogP contribution in [0.5, 0.6) is 5.88 Å². The van der Waals surface area contributed by atoms with Crippen molar-refractivity contribution in [2.24, 2.45) is 0 Å². The number of ether oxygens (including phenoxy) is 2. The molecule has 0 unspecified atom stereocenters. The molecule has 0 amide bonds. The van der Waals surface area contributed by atoms with Crippen molar-refractivity contribution in [3.05, 3.63) is 39.6 Å². The minimum absolute atomic E-state index is 0.257. The van der Waals surface area contributed by atoms with Crippen LogP contribution < -0.4 is 10.1 Å². The van der Waals surface area contributed by atoms with Gasteiger partial charge in [0.2, 0.25) is 5.88 Å². The smallest absolute Gasteiger partial charge is 0.343 e. The van der Waals surface area contributed by atoms with Gasteiger partial charge in [0.15, 0.2) is 0 Å². The number of thiophene rings is 1. The van der Waals surface area contributed by atoms with E-state index >= 15 is 0 Å². The number of carbonyl (C=O) groups is 1. The monoisotopic (exact) mass is 306 g/mol. The Hall–Kier alpha value is -2.08. The number of rotatable bonds is 6. The van der Waals surface area contributed by atoms with Crippen molar-refractivity contribution in [3.8, 4) is 5.88 Å². The molecule has 2 aromatic rings. The van der Waals surface area contributed by atoms with Gasteiger partial charge in [-0.2, -0.15) is 4.98 Å². The van der Waals surface area contributed by atoms with Gasteiger partial charge in [0, 0.05) is 9.75 Å². The summed E-state index contributed by atoms with van der Waals surface area (Å²) in [6.07, 6.45) is 1.05.